The molecule has 1 aliphatic heterocycles. The summed E-state index contributed by atoms with van der Waals surface area (Å²) in [5.74, 6) is -0.779. The van der Waals surface area contributed by atoms with Gasteiger partial charge >= 0.3 is 0 Å². The smallest absolute Gasteiger partial charge is 0.262 e. The van der Waals surface area contributed by atoms with Crippen molar-refractivity contribution < 1.29 is 9.59 Å². The minimum absolute atomic E-state index is 0.121. The summed E-state index contributed by atoms with van der Waals surface area (Å²) in [6, 6.07) is 19.1. The molecular formula is C23H23N3O2. The molecule has 3 rings (SSSR count). The molecule has 1 aliphatic rings. The van der Waals surface area contributed by atoms with Gasteiger partial charge in [-0.05, 0) is 24.5 Å². The SMILES string of the molecule is CCCCN1C(=O)C(=C(C#N)C(=O)NCCc2ccccc2)c2ccccc21. The first kappa shape index (κ1) is 19.4. The molecule has 0 bridgehead atoms. The van der Waals surface area contributed by atoms with Crippen LogP contribution < -0.4 is 10.2 Å². The first-order valence-corrected chi connectivity index (χ1v) is 9.55. The fraction of sp³-hybridized carbons (Fsp3) is 0.261. The van der Waals surface area contributed by atoms with Crippen LogP contribution in [0, 0.1) is 11.3 Å². The maximum absolute atomic E-state index is 13.0. The van der Waals surface area contributed by atoms with Crippen LogP contribution in [-0.4, -0.2) is 24.9 Å². The minimum Gasteiger partial charge on any atom is -0.351 e. The summed E-state index contributed by atoms with van der Waals surface area (Å²) in [4.78, 5) is 27.3. The van der Waals surface area contributed by atoms with Crippen LogP contribution in [0.1, 0.15) is 30.9 Å². The van der Waals surface area contributed by atoms with Crippen LogP contribution >= 0.6 is 0 Å². The van der Waals surface area contributed by atoms with Crippen molar-refractivity contribution in [3.05, 3.63) is 71.3 Å². The van der Waals surface area contributed by atoms with Crippen molar-refractivity contribution in [2.75, 3.05) is 18.0 Å². The number of unbranched alkanes of at least 4 members (excludes halogenated alkanes) is 1. The minimum atomic E-state index is -0.506. The Kier molecular flexibility index (Phi) is 6.23. The number of anilines is 1. The van der Waals surface area contributed by atoms with Gasteiger partial charge in [-0.3, -0.25) is 9.59 Å². The molecule has 28 heavy (non-hydrogen) atoms. The fourth-order valence-corrected chi connectivity index (χ4v) is 3.33. The molecule has 142 valence electrons. The van der Waals surface area contributed by atoms with E-state index in [0.29, 0.717) is 25.1 Å². The van der Waals surface area contributed by atoms with Gasteiger partial charge in [-0.2, -0.15) is 5.26 Å². The quantitative estimate of drug-likeness (QED) is 0.597. The molecule has 1 heterocycles. The molecule has 0 radical (unpaired) electrons. The van der Waals surface area contributed by atoms with Gasteiger partial charge in [0.1, 0.15) is 11.6 Å². The first-order chi connectivity index (χ1) is 13.7. The molecule has 0 aromatic heterocycles. The van der Waals surface area contributed by atoms with Gasteiger partial charge in [-0.25, -0.2) is 0 Å². The van der Waals surface area contributed by atoms with Gasteiger partial charge in [0.25, 0.3) is 11.8 Å². The molecule has 0 aliphatic carbocycles. The van der Waals surface area contributed by atoms with Crippen molar-refractivity contribution in [1.29, 1.82) is 5.26 Å². The number of rotatable bonds is 7. The summed E-state index contributed by atoms with van der Waals surface area (Å²) in [6.07, 6.45) is 2.47. The number of fused-ring (bicyclic) bond motifs is 1. The number of carbonyl (C=O) groups is 2. The number of amides is 2. The Morgan fingerprint density at radius 3 is 2.54 bits per heavy atom. The molecule has 2 aromatic rings. The van der Waals surface area contributed by atoms with E-state index in [2.05, 4.69) is 12.2 Å². The second-order valence-electron chi connectivity index (χ2n) is 6.68. The highest BCUT2D eigenvalue weighted by Gasteiger charge is 2.35. The maximum Gasteiger partial charge on any atom is 0.262 e. The molecule has 0 fully saturated rings. The molecule has 2 amide bonds. The number of para-hydroxylation sites is 1. The third-order valence-corrected chi connectivity index (χ3v) is 4.79. The lowest BCUT2D eigenvalue weighted by Gasteiger charge is -2.16. The largest absolute Gasteiger partial charge is 0.351 e. The fourth-order valence-electron chi connectivity index (χ4n) is 3.33. The molecule has 1 N–H and O–H groups in total. The summed E-state index contributed by atoms with van der Waals surface area (Å²) >= 11 is 0. The van der Waals surface area contributed by atoms with Crippen molar-refractivity contribution in [3.8, 4) is 6.07 Å². The Hall–Kier alpha value is -3.39. The molecule has 0 atom stereocenters. The first-order valence-electron chi connectivity index (χ1n) is 9.55. The van der Waals surface area contributed by atoms with Gasteiger partial charge in [0.15, 0.2) is 0 Å². The monoisotopic (exact) mass is 373 g/mol. The van der Waals surface area contributed by atoms with Crippen LogP contribution in [0.15, 0.2) is 60.2 Å². The third kappa shape index (κ3) is 3.96. The molecular weight excluding hydrogens is 350 g/mol. The Labute approximate surface area is 165 Å². The molecule has 0 spiro atoms. The molecule has 5 heteroatoms. The topological polar surface area (TPSA) is 73.2 Å². The Morgan fingerprint density at radius 2 is 1.82 bits per heavy atom. The molecule has 0 saturated heterocycles. The Balaban J connectivity index is 1.83. The highest BCUT2D eigenvalue weighted by molar-refractivity contribution is 6.37. The predicted molar refractivity (Wildman–Crippen MR) is 109 cm³/mol. The van der Waals surface area contributed by atoms with E-state index >= 15 is 0 Å². The molecule has 2 aromatic carbocycles. The number of hydrogen-bond donors (Lipinski definition) is 1. The van der Waals surface area contributed by atoms with Crippen LogP contribution in [0.4, 0.5) is 5.69 Å². The van der Waals surface area contributed by atoms with Gasteiger partial charge in [0.05, 0.1) is 11.3 Å². The highest BCUT2D eigenvalue weighted by Crippen LogP contribution is 2.38. The zero-order valence-electron chi connectivity index (χ0n) is 15.9. The van der Waals surface area contributed by atoms with Crippen molar-refractivity contribution in [1.82, 2.24) is 5.32 Å². The average Bonchev–Trinajstić information content (AvgIpc) is 3.00. The zero-order chi connectivity index (χ0) is 19.9. The van der Waals surface area contributed by atoms with Crippen molar-refractivity contribution >= 4 is 23.1 Å². The van der Waals surface area contributed by atoms with E-state index in [1.807, 2.05) is 54.6 Å². The molecule has 0 unspecified atom stereocenters. The van der Waals surface area contributed by atoms with Gasteiger partial charge in [-0.15, -0.1) is 0 Å². The lowest BCUT2D eigenvalue weighted by molar-refractivity contribution is -0.117. The Morgan fingerprint density at radius 1 is 1.11 bits per heavy atom. The van der Waals surface area contributed by atoms with E-state index in [1.54, 1.807) is 11.0 Å². The summed E-state index contributed by atoms with van der Waals surface area (Å²) in [7, 11) is 0. The van der Waals surface area contributed by atoms with E-state index in [9.17, 15) is 14.9 Å². The van der Waals surface area contributed by atoms with Crippen LogP contribution in [0.2, 0.25) is 0 Å². The number of nitrogens with one attached hydrogen (secondary N) is 1. The van der Waals surface area contributed by atoms with Crippen LogP contribution in [0.5, 0.6) is 0 Å². The van der Waals surface area contributed by atoms with E-state index in [-0.39, 0.29) is 17.1 Å². The van der Waals surface area contributed by atoms with Crippen LogP contribution in [0.25, 0.3) is 5.57 Å². The normalized spacial score (nSPS) is 14.4. The number of hydrogen-bond acceptors (Lipinski definition) is 3. The highest BCUT2D eigenvalue weighted by atomic mass is 16.2. The lowest BCUT2D eigenvalue weighted by atomic mass is 10.0. The van der Waals surface area contributed by atoms with E-state index in [1.165, 1.54) is 0 Å². The van der Waals surface area contributed by atoms with E-state index in [4.69, 9.17) is 0 Å². The number of nitriles is 1. The van der Waals surface area contributed by atoms with E-state index < -0.39 is 5.91 Å². The van der Waals surface area contributed by atoms with Crippen molar-refractivity contribution in [2.45, 2.75) is 26.2 Å². The van der Waals surface area contributed by atoms with Gasteiger partial charge in [0, 0.05) is 18.7 Å². The van der Waals surface area contributed by atoms with E-state index in [0.717, 1.165) is 24.1 Å². The lowest BCUT2D eigenvalue weighted by Crippen LogP contribution is -2.31. The zero-order valence-corrected chi connectivity index (χ0v) is 15.9. The summed E-state index contributed by atoms with van der Waals surface area (Å²) < 4.78 is 0. The van der Waals surface area contributed by atoms with Gasteiger partial charge in [0.2, 0.25) is 0 Å². The number of carbonyl (C=O) groups excluding carboxylic acids is 2. The number of benzene rings is 2. The average molecular weight is 373 g/mol. The summed E-state index contributed by atoms with van der Waals surface area (Å²) in [6.45, 7) is 3.03. The number of nitrogens with zero attached hydrogens (tertiary/aromatic N) is 2. The van der Waals surface area contributed by atoms with Crippen LogP contribution in [-0.2, 0) is 16.0 Å². The second-order valence-corrected chi connectivity index (χ2v) is 6.68. The van der Waals surface area contributed by atoms with Crippen LogP contribution in [0.3, 0.4) is 0 Å². The van der Waals surface area contributed by atoms with Gasteiger partial charge < -0.3 is 10.2 Å². The second kappa shape index (κ2) is 9.01. The standard InChI is InChI=1S/C23H23N3O2/c1-2-3-15-26-20-12-8-7-11-18(20)21(23(26)28)19(16-24)22(27)25-14-13-17-9-5-4-6-10-17/h4-12H,2-3,13-15H2,1H3,(H,25,27). The maximum atomic E-state index is 13.0. The molecule has 0 saturated carbocycles. The summed E-state index contributed by atoms with van der Waals surface area (Å²) in [5, 5.41) is 12.4. The van der Waals surface area contributed by atoms with Crippen molar-refractivity contribution in [3.63, 3.8) is 0 Å². The third-order valence-electron chi connectivity index (χ3n) is 4.79. The predicted octanol–water partition coefficient (Wildman–Crippen LogP) is 3.47. The van der Waals surface area contributed by atoms with Gasteiger partial charge in [-0.1, -0.05) is 61.9 Å². The van der Waals surface area contributed by atoms with Crippen molar-refractivity contribution in [2.24, 2.45) is 0 Å². The Bertz CT molecular complexity index is 942. The summed E-state index contributed by atoms with van der Waals surface area (Å²) in [5.41, 5.74) is 2.59. The molecule has 5 nitrogen and oxygen atoms in total.